The second kappa shape index (κ2) is 3.19. The number of hydrogen-bond donors (Lipinski definition) is 0. The minimum Gasteiger partial charge on any atom is -0.297 e. The van der Waals surface area contributed by atoms with E-state index in [2.05, 4.69) is 35.7 Å². The molecule has 0 N–H and O–H groups in total. The SMILES string of the molecule is CC(c1ccsc1)N(C)C1CC1. The van der Waals surface area contributed by atoms with Gasteiger partial charge in [0.15, 0.2) is 0 Å². The van der Waals surface area contributed by atoms with Crippen LogP contribution < -0.4 is 0 Å². The third-order valence-electron chi connectivity index (χ3n) is 2.76. The summed E-state index contributed by atoms with van der Waals surface area (Å²) in [6.45, 7) is 2.29. The summed E-state index contributed by atoms with van der Waals surface area (Å²) in [6, 6.07) is 3.69. The van der Waals surface area contributed by atoms with Gasteiger partial charge in [0, 0.05) is 12.1 Å². The monoisotopic (exact) mass is 181 g/mol. The standard InChI is InChI=1S/C10H15NS/c1-8(9-5-6-12-7-9)11(2)10-3-4-10/h5-8,10H,3-4H2,1-2H3. The van der Waals surface area contributed by atoms with E-state index >= 15 is 0 Å². The second-order valence-electron chi connectivity index (χ2n) is 3.63. The molecule has 1 aliphatic carbocycles. The second-order valence-corrected chi connectivity index (χ2v) is 4.41. The van der Waals surface area contributed by atoms with Gasteiger partial charge in [-0.25, -0.2) is 0 Å². The molecular weight excluding hydrogens is 166 g/mol. The Morgan fingerprint density at radius 1 is 1.58 bits per heavy atom. The molecule has 0 aromatic carbocycles. The normalized spacial score (nSPS) is 19.9. The molecule has 0 amide bonds. The maximum atomic E-state index is 2.49. The van der Waals surface area contributed by atoms with Gasteiger partial charge in [-0.3, -0.25) is 4.90 Å². The van der Waals surface area contributed by atoms with Crippen molar-refractivity contribution in [2.75, 3.05) is 7.05 Å². The average Bonchev–Trinajstić information content (AvgIpc) is 2.79. The Hall–Kier alpha value is -0.340. The van der Waals surface area contributed by atoms with E-state index < -0.39 is 0 Å². The zero-order valence-electron chi connectivity index (χ0n) is 7.66. The molecule has 1 aromatic heterocycles. The Labute approximate surface area is 78.0 Å². The molecule has 1 atom stereocenters. The van der Waals surface area contributed by atoms with Gasteiger partial charge in [-0.05, 0) is 49.2 Å². The highest BCUT2D eigenvalue weighted by atomic mass is 32.1. The van der Waals surface area contributed by atoms with E-state index in [0.29, 0.717) is 6.04 Å². The van der Waals surface area contributed by atoms with Gasteiger partial charge in [0.1, 0.15) is 0 Å². The van der Waals surface area contributed by atoms with Gasteiger partial charge in [-0.2, -0.15) is 11.3 Å². The van der Waals surface area contributed by atoms with Gasteiger partial charge in [0.25, 0.3) is 0 Å². The van der Waals surface area contributed by atoms with Gasteiger partial charge < -0.3 is 0 Å². The van der Waals surface area contributed by atoms with Crippen LogP contribution in [0, 0.1) is 0 Å². The molecule has 66 valence electrons. The van der Waals surface area contributed by atoms with Crippen molar-refractivity contribution >= 4 is 11.3 Å². The molecule has 1 heterocycles. The van der Waals surface area contributed by atoms with E-state index in [0.717, 1.165) is 6.04 Å². The first-order chi connectivity index (χ1) is 5.79. The Kier molecular flexibility index (Phi) is 2.20. The van der Waals surface area contributed by atoms with E-state index in [1.54, 1.807) is 11.3 Å². The van der Waals surface area contributed by atoms with Crippen LogP contribution in [0.4, 0.5) is 0 Å². The molecule has 0 bridgehead atoms. The van der Waals surface area contributed by atoms with Crippen LogP contribution in [0.1, 0.15) is 31.4 Å². The maximum Gasteiger partial charge on any atom is 0.0328 e. The summed E-state index contributed by atoms with van der Waals surface area (Å²) >= 11 is 1.79. The van der Waals surface area contributed by atoms with E-state index in [1.807, 2.05) is 0 Å². The molecule has 0 spiro atoms. The van der Waals surface area contributed by atoms with Crippen molar-refractivity contribution in [3.63, 3.8) is 0 Å². The minimum absolute atomic E-state index is 0.601. The molecule has 1 nitrogen and oxygen atoms in total. The quantitative estimate of drug-likeness (QED) is 0.693. The molecule has 1 aliphatic rings. The fraction of sp³-hybridized carbons (Fsp3) is 0.600. The van der Waals surface area contributed by atoms with Crippen molar-refractivity contribution in [1.29, 1.82) is 0 Å². The summed E-state index contributed by atoms with van der Waals surface area (Å²) in [4.78, 5) is 2.49. The van der Waals surface area contributed by atoms with Crippen LogP contribution in [0.3, 0.4) is 0 Å². The highest BCUT2D eigenvalue weighted by molar-refractivity contribution is 7.07. The third-order valence-corrected chi connectivity index (χ3v) is 3.46. The Bertz CT molecular complexity index is 238. The van der Waals surface area contributed by atoms with E-state index in [4.69, 9.17) is 0 Å². The first-order valence-corrected chi connectivity index (χ1v) is 5.47. The molecule has 2 rings (SSSR count). The predicted molar refractivity (Wildman–Crippen MR) is 53.5 cm³/mol. The van der Waals surface area contributed by atoms with Gasteiger partial charge in [0.2, 0.25) is 0 Å². The molecule has 0 saturated heterocycles. The first-order valence-electron chi connectivity index (χ1n) is 4.53. The largest absolute Gasteiger partial charge is 0.297 e. The topological polar surface area (TPSA) is 3.24 Å². The van der Waals surface area contributed by atoms with Gasteiger partial charge in [-0.15, -0.1) is 0 Å². The van der Waals surface area contributed by atoms with Crippen LogP contribution in [-0.2, 0) is 0 Å². The zero-order chi connectivity index (χ0) is 8.55. The van der Waals surface area contributed by atoms with E-state index in [1.165, 1.54) is 18.4 Å². The zero-order valence-corrected chi connectivity index (χ0v) is 8.47. The van der Waals surface area contributed by atoms with Crippen LogP contribution in [-0.4, -0.2) is 18.0 Å². The highest BCUT2D eigenvalue weighted by Gasteiger charge is 2.29. The molecule has 2 heteroatoms. The van der Waals surface area contributed by atoms with E-state index in [9.17, 15) is 0 Å². The highest BCUT2D eigenvalue weighted by Crippen LogP contribution is 2.32. The minimum atomic E-state index is 0.601. The lowest BCUT2D eigenvalue weighted by molar-refractivity contribution is 0.252. The maximum absolute atomic E-state index is 2.49. The van der Waals surface area contributed by atoms with Crippen molar-refractivity contribution in [1.82, 2.24) is 4.90 Å². The van der Waals surface area contributed by atoms with Crippen LogP contribution in [0.25, 0.3) is 0 Å². The first kappa shape index (κ1) is 8.27. The van der Waals surface area contributed by atoms with Crippen LogP contribution in [0.5, 0.6) is 0 Å². The summed E-state index contributed by atoms with van der Waals surface area (Å²) in [5.41, 5.74) is 1.47. The van der Waals surface area contributed by atoms with Gasteiger partial charge in [0.05, 0.1) is 0 Å². The molecule has 1 saturated carbocycles. The fourth-order valence-corrected chi connectivity index (χ4v) is 2.29. The van der Waals surface area contributed by atoms with Crippen LogP contribution >= 0.6 is 11.3 Å². The molecule has 1 fully saturated rings. The summed E-state index contributed by atoms with van der Waals surface area (Å²) in [5, 5.41) is 4.41. The lowest BCUT2D eigenvalue weighted by Crippen LogP contribution is -2.23. The Balaban J connectivity index is 2.03. The summed E-state index contributed by atoms with van der Waals surface area (Å²) in [7, 11) is 2.24. The van der Waals surface area contributed by atoms with Crippen LogP contribution in [0.15, 0.2) is 16.8 Å². The van der Waals surface area contributed by atoms with Crippen molar-refractivity contribution in [3.8, 4) is 0 Å². The fourth-order valence-electron chi connectivity index (χ4n) is 1.55. The molecule has 0 radical (unpaired) electrons. The lowest BCUT2D eigenvalue weighted by Gasteiger charge is -2.23. The van der Waals surface area contributed by atoms with Gasteiger partial charge in [-0.1, -0.05) is 0 Å². The van der Waals surface area contributed by atoms with E-state index in [-0.39, 0.29) is 0 Å². The van der Waals surface area contributed by atoms with Crippen LogP contribution in [0.2, 0.25) is 0 Å². The number of thiophene rings is 1. The molecule has 12 heavy (non-hydrogen) atoms. The lowest BCUT2D eigenvalue weighted by atomic mass is 10.1. The Morgan fingerprint density at radius 2 is 2.33 bits per heavy atom. The van der Waals surface area contributed by atoms with Crippen molar-refractivity contribution < 1.29 is 0 Å². The average molecular weight is 181 g/mol. The molecule has 1 aromatic rings. The number of rotatable bonds is 3. The predicted octanol–water partition coefficient (Wildman–Crippen LogP) is 2.90. The van der Waals surface area contributed by atoms with Crippen molar-refractivity contribution in [3.05, 3.63) is 22.4 Å². The molecule has 0 aliphatic heterocycles. The Morgan fingerprint density at radius 3 is 2.83 bits per heavy atom. The third kappa shape index (κ3) is 1.54. The summed E-state index contributed by atoms with van der Waals surface area (Å²) < 4.78 is 0. The van der Waals surface area contributed by atoms with Gasteiger partial charge >= 0.3 is 0 Å². The van der Waals surface area contributed by atoms with Crippen molar-refractivity contribution in [2.45, 2.75) is 31.8 Å². The molecule has 1 unspecified atom stereocenters. The number of nitrogens with zero attached hydrogens (tertiary/aromatic N) is 1. The number of hydrogen-bond acceptors (Lipinski definition) is 2. The molecular formula is C10H15NS. The summed E-state index contributed by atoms with van der Waals surface area (Å²) in [5.74, 6) is 0. The summed E-state index contributed by atoms with van der Waals surface area (Å²) in [6.07, 6.45) is 2.79. The smallest absolute Gasteiger partial charge is 0.0328 e. The van der Waals surface area contributed by atoms with Crippen molar-refractivity contribution in [2.24, 2.45) is 0 Å².